The van der Waals surface area contributed by atoms with Gasteiger partial charge in [-0.25, -0.2) is 0 Å². The van der Waals surface area contributed by atoms with Crippen molar-refractivity contribution in [3.8, 4) is 0 Å². The van der Waals surface area contributed by atoms with E-state index in [1.54, 1.807) is 20.8 Å². The van der Waals surface area contributed by atoms with Gasteiger partial charge in [0.1, 0.15) is 18.3 Å². The van der Waals surface area contributed by atoms with Gasteiger partial charge in [0.15, 0.2) is 6.29 Å². The highest BCUT2D eigenvalue weighted by atomic mass is 16.7. The summed E-state index contributed by atoms with van der Waals surface area (Å²) < 4.78 is 10.5. The quantitative estimate of drug-likeness (QED) is 0.553. The maximum atomic E-state index is 9.51. The Hall–Kier alpha value is -0.200. The minimum atomic E-state index is -1.22. The minimum absolute atomic E-state index is 0.107. The highest BCUT2D eigenvalue weighted by Crippen LogP contribution is 2.22. The summed E-state index contributed by atoms with van der Waals surface area (Å²) in [6.07, 6.45) is -5.02. The van der Waals surface area contributed by atoms with E-state index in [1.807, 2.05) is 0 Å². The molecule has 5 atom stereocenters. The van der Waals surface area contributed by atoms with Crippen LogP contribution in [-0.2, 0) is 9.47 Å². The Morgan fingerprint density at radius 1 is 1.07 bits per heavy atom. The third-order valence-electron chi connectivity index (χ3n) is 2.21. The molecule has 1 aliphatic heterocycles. The lowest BCUT2D eigenvalue weighted by atomic mass is 10.00. The van der Waals surface area contributed by atoms with Gasteiger partial charge in [0.05, 0.1) is 12.2 Å². The molecule has 0 aromatic carbocycles. The number of ether oxygens (including phenoxy) is 2. The Balaban J connectivity index is 2.60. The lowest BCUT2D eigenvalue weighted by Crippen LogP contribution is -2.57. The highest BCUT2D eigenvalue weighted by Gasteiger charge is 2.42. The van der Waals surface area contributed by atoms with Crippen LogP contribution in [0.15, 0.2) is 0 Å². The van der Waals surface area contributed by atoms with Gasteiger partial charge in [0, 0.05) is 0 Å². The van der Waals surface area contributed by atoms with E-state index in [1.165, 1.54) is 0 Å². The maximum absolute atomic E-state index is 9.51. The van der Waals surface area contributed by atoms with Crippen molar-refractivity contribution in [1.82, 2.24) is 0 Å². The summed E-state index contributed by atoms with van der Waals surface area (Å²) in [4.78, 5) is 0. The van der Waals surface area contributed by atoms with Gasteiger partial charge in [-0.3, -0.25) is 0 Å². The average molecular weight is 206 g/mol. The molecule has 5 heteroatoms. The molecule has 0 saturated carbocycles. The van der Waals surface area contributed by atoms with E-state index in [4.69, 9.17) is 9.47 Å². The highest BCUT2D eigenvalue weighted by molar-refractivity contribution is 4.87. The normalized spacial score (nSPS) is 44.4. The number of rotatable bonds is 2. The minimum Gasteiger partial charge on any atom is -0.388 e. The summed E-state index contributed by atoms with van der Waals surface area (Å²) in [5.74, 6) is 0. The topological polar surface area (TPSA) is 79.2 Å². The largest absolute Gasteiger partial charge is 0.388 e. The fourth-order valence-corrected chi connectivity index (χ4v) is 1.39. The van der Waals surface area contributed by atoms with Gasteiger partial charge in [-0.2, -0.15) is 0 Å². The molecule has 1 saturated heterocycles. The van der Waals surface area contributed by atoms with Crippen molar-refractivity contribution in [2.45, 2.75) is 57.6 Å². The monoisotopic (exact) mass is 206 g/mol. The smallest absolute Gasteiger partial charge is 0.186 e. The molecule has 14 heavy (non-hydrogen) atoms. The van der Waals surface area contributed by atoms with E-state index in [2.05, 4.69) is 0 Å². The molecule has 84 valence electrons. The molecule has 1 fully saturated rings. The van der Waals surface area contributed by atoms with Gasteiger partial charge in [-0.15, -0.1) is 0 Å². The third-order valence-corrected chi connectivity index (χ3v) is 2.21. The van der Waals surface area contributed by atoms with Crippen molar-refractivity contribution >= 4 is 0 Å². The Morgan fingerprint density at radius 3 is 2.14 bits per heavy atom. The molecule has 0 aromatic heterocycles. The summed E-state index contributed by atoms with van der Waals surface area (Å²) in [5.41, 5.74) is 0. The molecule has 0 aliphatic carbocycles. The fraction of sp³-hybridized carbons (Fsp3) is 1.00. The van der Waals surface area contributed by atoms with Crippen LogP contribution in [0.25, 0.3) is 0 Å². The predicted octanol–water partition coefficient (Wildman–Crippen LogP) is -0.761. The first-order valence-corrected chi connectivity index (χ1v) is 4.78. The average Bonchev–Trinajstić information content (AvgIpc) is 2.10. The van der Waals surface area contributed by atoms with Crippen LogP contribution in [0.3, 0.4) is 0 Å². The Labute approximate surface area is 83.3 Å². The van der Waals surface area contributed by atoms with Gasteiger partial charge in [-0.05, 0) is 20.8 Å². The Morgan fingerprint density at radius 2 is 1.64 bits per heavy atom. The van der Waals surface area contributed by atoms with Crippen LogP contribution in [0.1, 0.15) is 20.8 Å². The van der Waals surface area contributed by atoms with E-state index in [9.17, 15) is 15.3 Å². The van der Waals surface area contributed by atoms with Crippen molar-refractivity contribution in [2.75, 3.05) is 0 Å². The zero-order valence-corrected chi connectivity index (χ0v) is 8.62. The molecule has 3 N–H and O–H groups in total. The van der Waals surface area contributed by atoms with Crippen molar-refractivity contribution in [2.24, 2.45) is 0 Å². The van der Waals surface area contributed by atoms with Crippen molar-refractivity contribution in [3.05, 3.63) is 0 Å². The molecule has 0 bridgehead atoms. The van der Waals surface area contributed by atoms with Crippen LogP contribution in [0.5, 0.6) is 0 Å². The number of aliphatic hydroxyl groups is 3. The van der Waals surface area contributed by atoms with Crippen molar-refractivity contribution in [3.63, 3.8) is 0 Å². The van der Waals surface area contributed by atoms with Crippen LogP contribution in [0, 0.1) is 0 Å². The fourth-order valence-electron chi connectivity index (χ4n) is 1.39. The van der Waals surface area contributed by atoms with Crippen LogP contribution in [0.4, 0.5) is 0 Å². The molecule has 1 unspecified atom stereocenters. The molecule has 0 radical (unpaired) electrons. The van der Waals surface area contributed by atoms with Crippen LogP contribution in [0.2, 0.25) is 0 Å². The second-order valence-corrected chi connectivity index (χ2v) is 3.87. The zero-order chi connectivity index (χ0) is 10.9. The van der Waals surface area contributed by atoms with Crippen LogP contribution in [-0.4, -0.2) is 52.1 Å². The van der Waals surface area contributed by atoms with E-state index in [0.717, 1.165) is 0 Å². The number of hydrogen-bond acceptors (Lipinski definition) is 5. The molecule has 5 nitrogen and oxygen atoms in total. The van der Waals surface area contributed by atoms with Crippen molar-refractivity contribution < 1.29 is 24.8 Å². The first kappa shape index (κ1) is 11.9. The molecule has 1 heterocycles. The van der Waals surface area contributed by atoms with Gasteiger partial charge in [-0.1, -0.05) is 0 Å². The summed E-state index contributed by atoms with van der Waals surface area (Å²) in [7, 11) is 0. The first-order valence-electron chi connectivity index (χ1n) is 4.78. The summed E-state index contributed by atoms with van der Waals surface area (Å²) >= 11 is 0. The molecule has 0 aromatic rings. The van der Waals surface area contributed by atoms with Gasteiger partial charge in [0.2, 0.25) is 0 Å². The third kappa shape index (κ3) is 2.43. The Kier molecular flexibility index (Phi) is 3.86. The Bertz CT molecular complexity index is 184. The second kappa shape index (κ2) is 4.55. The number of aliphatic hydroxyl groups excluding tert-OH is 3. The van der Waals surface area contributed by atoms with Gasteiger partial charge < -0.3 is 24.8 Å². The molecule has 1 aliphatic rings. The molecule has 0 amide bonds. The number of hydrogen-bond donors (Lipinski definition) is 3. The van der Waals surface area contributed by atoms with Crippen LogP contribution < -0.4 is 0 Å². The maximum Gasteiger partial charge on any atom is 0.186 e. The van der Waals surface area contributed by atoms with E-state index >= 15 is 0 Å². The van der Waals surface area contributed by atoms with E-state index in [0.29, 0.717) is 0 Å². The standard InChI is InChI=1S/C9H18O5/c1-4(2)13-9-8(12)7(11)6(10)5(3)14-9/h4-12H,1-3H3/t5-,6-,7+,8-,9?/m1/s1. The van der Waals surface area contributed by atoms with E-state index < -0.39 is 30.7 Å². The second-order valence-electron chi connectivity index (χ2n) is 3.87. The van der Waals surface area contributed by atoms with Gasteiger partial charge in [0.25, 0.3) is 0 Å². The molecule has 0 spiro atoms. The zero-order valence-electron chi connectivity index (χ0n) is 8.62. The SMILES string of the molecule is CC(C)OC1O[C@H](C)[C@@H](O)[C@H](O)[C@H]1O. The van der Waals surface area contributed by atoms with E-state index in [-0.39, 0.29) is 6.10 Å². The molecular weight excluding hydrogens is 188 g/mol. The van der Waals surface area contributed by atoms with Crippen LogP contribution >= 0.6 is 0 Å². The first-order chi connectivity index (χ1) is 6.43. The molecule has 1 rings (SSSR count). The van der Waals surface area contributed by atoms with Crippen molar-refractivity contribution in [1.29, 1.82) is 0 Å². The summed E-state index contributed by atoms with van der Waals surface area (Å²) in [5, 5.41) is 28.3. The molecular formula is C9H18O5. The lowest BCUT2D eigenvalue weighted by Gasteiger charge is -2.39. The predicted molar refractivity (Wildman–Crippen MR) is 48.6 cm³/mol. The van der Waals surface area contributed by atoms with Gasteiger partial charge >= 0.3 is 0 Å². The summed E-state index contributed by atoms with van der Waals surface area (Å²) in [6, 6.07) is 0. The lowest BCUT2D eigenvalue weighted by molar-refractivity contribution is -0.301. The summed E-state index contributed by atoms with van der Waals surface area (Å²) in [6.45, 7) is 5.23.